The summed E-state index contributed by atoms with van der Waals surface area (Å²) in [5.41, 5.74) is 8.22. The van der Waals surface area contributed by atoms with Crippen molar-refractivity contribution in [3.63, 3.8) is 0 Å². The van der Waals surface area contributed by atoms with E-state index >= 15 is 0 Å². The highest BCUT2D eigenvalue weighted by molar-refractivity contribution is 14.1. The Balaban J connectivity index is 2.05. The zero-order valence-corrected chi connectivity index (χ0v) is 15.4. The molecule has 0 aliphatic carbocycles. The van der Waals surface area contributed by atoms with Crippen LogP contribution in [-0.4, -0.2) is 24.3 Å². The molecule has 0 unspecified atom stereocenters. The van der Waals surface area contributed by atoms with E-state index in [1.165, 1.54) is 0 Å². The third-order valence-corrected chi connectivity index (χ3v) is 3.81. The SMILES string of the molecule is CCOc1cc(CNNc2ccccc2)cc(I)c1OCC(=O)O. The molecular formula is C17H19IN2O4. The second-order valence-electron chi connectivity index (χ2n) is 4.86. The predicted octanol–water partition coefficient (Wildman–Crippen LogP) is 3.27. The molecule has 0 aliphatic rings. The molecule has 0 saturated carbocycles. The van der Waals surface area contributed by atoms with E-state index in [2.05, 4.69) is 33.4 Å². The van der Waals surface area contributed by atoms with Gasteiger partial charge < -0.3 is 20.0 Å². The van der Waals surface area contributed by atoms with Gasteiger partial charge in [0, 0.05) is 12.2 Å². The lowest BCUT2D eigenvalue weighted by Crippen LogP contribution is -2.21. The van der Waals surface area contributed by atoms with Crippen LogP contribution in [-0.2, 0) is 11.3 Å². The van der Waals surface area contributed by atoms with E-state index in [0.717, 1.165) is 14.8 Å². The molecule has 0 spiro atoms. The second kappa shape index (κ2) is 9.33. The highest BCUT2D eigenvalue weighted by Gasteiger charge is 2.13. The van der Waals surface area contributed by atoms with Gasteiger partial charge in [0.25, 0.3) is 0 Å². The van der Waals surface area contributed by atoms with Crippen LogP contribution in [0, 0.1) is 3.57 Å². The Hall–Kier alpha value is -2.00. The van der Waals surface area contributed by atoms with Gasteiger partial charge in [0.1, 0.15) is 0 Å². The number of hydrogen-bond donors (Lipinski definition) is 3. The first-order valence-corrected chi connectivity index (χ1v) is 8.51. The zero-order chi connectivity index (χ0) is 17.4. The number of para-hydroxylation sites is 1. The van der Waals surface area contributed by atoms with Crippen molar-refractivity contribution >= 4 is 34.2 Å². The standard InChI is InChI=1S/C17H19IN2O4/c1-2-23-15-9-12(8-14(18)17(15)24-11-16(21)22)10-19-20-13-6-4-3-5-7-13/h3-9,19-20H,2,10-11H2,1H3,(H,21,22). The van der Waals surface area contributed by atoms with Crippen LogP contribution in [0.5, 0.6) is 11.5 Å². The van der Waals surface area contributed by atoms with Gasteiger partial charge in [-0.05, 0) is 59.3 Å². The maximum atomic E-state index is 10.7. The fraction of sp³-hybridized carbons (Fsp3) is 0.235. The summed E-state index contributed by atoms with van der Waals surface area (Å²) in [6.07, 6.45) is 0. The first kappa shape index (κ1) is 18.3. The van der Waals surface area contributed by atoms with Gasteiger partial charge in [-0.1, -0.05) is 18.2 Å². The average molecular weight is 442 g/mol. The van der Waals surface area contributed by atoms with Crippen molar-refractivity contribution in [1.82, 2.24) is 5.43 Å². The minimum atomic E-state index is -1.02. The maximum Gasteiger partial charge on any atom is 0.341 e. The average Bonchev–Trinajstić information content (AvgIpc) is 2.55. The Morgan fingerprint density at radius 1 is 1.21 bits per heavy atom. The highest BCUT2D eigenvalue weighted by Crippen LogP contribution is 2.34. The molecule has 2 aromatic carbocycles. The van der Waals surface area contributed by atoms with Gasteiger partial charge >= 0.3 is 5.97 Å². The summed E-state index contributed by atoms with van der Waals surface area (Å²) in [5, 5.41) is 8.78. The fourth-order valence-corrected chi connectivity index (χ4v) is 2.85. The maximum absolute atomic E-state index is 10.7. The fourth-order valence-electron chi connectivity index (χ4n) is 2.03. The monoisotopic (exact) mass is 442 g/mol. The highest BCUT2D eigenvalue weighted by atomic mass is 127. The van der Waals surface area contributed by atoms with Crippen LogP contribution in [0.1, 0.15) is 12.5 Å². The molecule has 0 fully saturated rings. The van der Waals surface area contributed by atoms with Gasteiger partial charge in [-0.2, -0.15) is 0 Å². The van der Waals surface area contributed by atoms with Crippen LogP contribution in [0.2, 0.25) is 0 Å². The van der Waals surface area contributed by atoms with Crippen LogP contribution in [0.4, 0.5) is 5.69 Å². The van der Waals surface area contributed by atoms with Crippen molar-refractivity contribution in [3.05, 3.63) is 51.6 Å². The number of halogens is 1. The Labute approximate surface area is 154 Å². The molecule has 6 nitrogen and oxygen atoms in total. The molecule has 0 heterocycles. The van der Waals surface area contributed by atoms with Crippen molar-refractivity contribution in [2.24, 2.45) is 0 Å². The molecule has 0 atom stereocenters. The molecule has 7 heteroatoms. The lowest BCUT2D eigenvalue weighted by Gasteiger charge is -2.15. The summed E-state index contributed by atoms with van der Waals surface area (Å²) in [7, 11) is 0. The molecular weight excluding hydrogens is 423 g/mol. The third-order valence-electron chi connectivity index (χ3n) is 3.01. The number of aliphatic carboxylic acids is 1. The Morgan fingerprint density at radius 2 is 1.96 bits per heavy atom. The first-order chi connectivity index (χ1) is 11.6. The van der Waals surface area contributed by atoms with Gasteiger partial charge in [0.05, 0.1) is 10.2 Å². The molecule has 128 valence electrons. The van der Waals surface area contributed by atoms with E-state index in [1.807, 2.05) is 49.4 Å². The van der Waals surface area contributed by atoms with Crippen molar-refractivity contribution in [1.29, 1.82) is 0 Å². The molecule has 0 bridgehead atoms. The van der Waals surface area contributed by atoms with Gasteiger partial charge in [0.2, 0.25) is 0 Å². The van der Waals surface area contributed by atoms with Crippen molar-refractivity contribution in [3.8, 4) is 11.5 Å². The lowest BCUT2D eigenvalue weighted by molar-refractivity contribution is -0.139. The molecule has 2 rings (SSSR count). The van der Waals surface area contributed by atoms with E-state index in [-0.39, 0.29) is 0 Å². The molecule has 24 heavy (non-hydrogen) atoms. The molecule has 0 aliphatic heterocycles. The number of nitrogens with one attached hydrogen (secondary N) is 2. The van der Waals surface area contributed by atoms with Gasteiger partial charge in [-0.15, -0.1) is 0 Å². The van der Waals surface area contributed by atoms with E-state index in [0.29, 0.717) is 24.7 Å². The molecule has 0 aromatic heterocycles. The lowest BCUT2D eigenvalue weighted by atomic mass is 10.2. The Kier molecular flexibility index (Phi) is 7.13. The van der Waals surface area contributed by atoms with Crippen LogP contribution in [0.15, 0.2) is 42.5 Å². The number of hydrogen-bond acceptors (Lipinski definition) is 5. The van der Waals surface area contributed by atoms with E-state index in [1.54, 1.807) is 0 Å². The third kappa shape index (κ3) is 5.57. The minimum absolute atomic E-state index is 0.400. The summed E-state index contributed by atoms with van der Waals surface area (Å²) in [6.45, 7) is 2.52. The summed E-state index contributed by atoms with van der Waals surface area (Å²) >= 11 is 2.12. The van der Waals surface area contributed by atoms with Crippen LogP contribution >= 0.6 is 22.6 Å². The van der Waals surface area contributed by atoms with Crippen LogP contribution in [0.3, 0.4) is 0 Å². The second-order valence-corrected chi connectivity index (χ2v) is 6.03. The Bertz CT molecular complexity index is 680. The zero-order valence-electron chi connectivity index (χ0n) is 13.2. The molecule has 0 amide bonds. The van der Waals surface area contributed by atoms with Crippen LogP contribution in [0.25, 0.3) is 0 Å². The number of anilines is 1. The largest absolute Gasteiger partial charge is 0.490 e. The van der Waals surface area contributed by atoms with E-state index < -0.39 is 12.6 Å². The number of ether oxygens (including phenoxy) is 2. The van der Waals surface area contributed by atoms with Gasteiger partial charge in [-0.3, -0.25) is 0 Å². The molecule has 2 aromatic rings. The predicted molar refractivity (Wildman–Crippen MR) is 100 cm³/mol. The van der Waals surface area contributed by atoms with Crippen molar-refractivity contribution in [2.75, 3.05) is 18.6 Å². The Morgan fingerprint density at radius 3 is 2.62 bits per heavy atom. The van der Waals surface area contributed by atoms with Gasteiger partial charge in [-0.25, -0.2) is 10.2 Å². The quantitative estimate of drug-likeness (QED) is 0.409. The summed E-state index contributed by atoms with van der Waals surface area (Å²) in [5.74, 6) is -0.0205. The molecule has 3 N–H and O–H groups in total. The van der Waals surface area contributed by atoms with Crippen LogP contribution < -0.4 is 20.3 Å². The number of carboxylic acid groups (broad SMARTS) is 1. The number of rotatable bonds is 9. The number of carboxylic acids is 1. The number of benzene rings is 2. The summed E-state index contributed by atoms with van der Waals surface area (Å²) < 4.78 is 11.7. The number of hydrazine groups is 1. The van der Waals surface area contributed by atoms with Crippen molar-refractivity contribution < 1.29 is 19.4 Å². The summed E-state index contributed by atoms with van der Waals surface area (Å²) in [4.78, 5) is 10.7. The molecule has 0 saturated heterocycles. The van der Waals surface area contributed by atoms with Gasteiger partial charge in [0.15, 0.2) is 18.1 Å². The minimum Gasteiger partial charge on any atom is -0.490 e. The molecule has 0 radical (unpaired) electrons. The van der Waals surface area contributed by atoms with E-state index in [9.17, 15) is 4.79 Å². The normalized spacial score (nSPS) is 10.2. The first-order valence-electron chi connectivity index (χ1n) is 7.44. The smallest absolute Gasteiger partial charge is 0.341 e. The van der Waals surface area contributed by atoms with Crippen molar-refractivity contribution in [2.45, 2.75) is 13.5 Å². The summed E-state index contributed by atoms with van der Waals surface area (Å²) in [6, 6.07) is 13.6. The van der Waals surface area contributed by atoms with E-state index in [4.69, 9.17) is 14.6 Å². The number of carbonyl (C=O) groups is 1. The topological polar surface area (TPSA) is 79.8 Å².